The smallest absolute Gasteiger partial charge is 0.122 e. The number of benzene rings is 1. The van der Waals surface area contributed by atoms with Gasteiger partial charge in [-0.15, -0.1) is 0 Å². The Bertz CT molecular complexity index is 561. The van der Waals surface area contributed by atoms with Crippen molar-refractivity contribution in [2.24, 2.45) is 5.73 Å². The third-order valence-electron chi connectivity index (χ3n) is 3.79. The van der Waals surface area contributed by atoms with Crippen LogP contribution in [0.25, 0.3) is 0 Å². The second-order valence-electron chi connectivity index (χ2n) is 5.31. The van der Waals surface area contributed by atoms with E-state index in [4.69, 9.17) is 10.2 Å². The standard InChI is InChI=1S/C16H20N2O/c1-12-6-7-16(19-12)15(17)11-18-9-8-13-4-2-3-5-14(13)10-18/h2-7,15H,8-11,17H2,1H3. The van der Waals surface area contributed by atoms with Crippen LogP contribution in [-0.2, 0) is 13.0 Å². The highest BCUT2D eigenvalue weighted by Crippen LogP contribution is 2.21. The van der Waals surface area contributed by atoms with Crippen molar-refractivity contribution in [2.45, 2.75) is 25.9 Å². The van der Waals surface area contributed by atoms with Gasteiger partial charge < -0.3 is 10.2 Å². The molecule has 0 radical (unpaired) electrons. The molecule has 0 saturated carbocycles. The van der Waals surface area contributed by atoms with E-state index in [-0.39, 0.29) is 6.04 Å². The largest absolute Gasteiger partial charge is 0.465 e. The van der Waals surface area contributed by atoms with Crippen molar-refractivity contribution in [3.8, 4) is 0 Å². The topological polar surface area (TPSA) is 42.4 Å². The first kappa shape index (κ1) is 12.5. The molecule has 2 N–H and O–H groups in total. The first-order chi connectivity index (χ1) is 9.22. The third-order valence-corrected chi connectivity index (χ3v) is 3.79. The van der Waals surface area contributed by atoms with Crippen molar-refractivity contribution in [3.05, 3.63) is 59.0 Å². The van der Waals surface area contributed by atoms with Crippen LogP contribution in [0.2, 0.25) is 0 Å². The van der Waals surface area contributed by atoms with E-state index in [1.807, 2.05) is 19.1 Å². The number of rotatable bonds is 3. The van der Waals surface area contributed by atoms with Gasteiger partial charge in [0.15, 0.2) is 0 Å². The minimum absolute atomic E-state index is 0.0426. The van der Waals surface area contributed by atoms with Crippen molar-refractivity contribution in [1.29, 1.82) is 0 Å². The van der Waals surface area contributed by atoms with Crippen molar-refractivity contribution in [2.75, 3.05) is 13.1 Å². The quantitative estimate of drug-likeness (QED) is 0.918. The molecule has 0 aliphatic carbocycles. The predicted octanol–water partition coefficient (Wildman–Crippen LogP) is 2.65. The average molecular weight is 256 g/mol. The molecule has 1 aromatic carbocycles. The van der Waals surface area contributed by atoms with Gasteiger partial charge in [0, 0.05) is 19.6 Å². The molecule has 3 nitrogen and oxygen atoms in total. The summed E-state index contributed by atoms with van der Waals surface area (Å²) in [5.41, 5.74) is 9.12. The van der Waals surface area contributed by atoms with E-state index in [0.29, 0.717) is 0 Å². The maximum absolute atomic E-state index is 6.22. The maximum atomic E-state index is 6.22. The fourth-order valence-corrected chi connectivity index (χ4v) is 2.73. The third kappa shape index (κ3) is 2.72. The summed E-state index contributed by atoms with van der Waals surface area (Å²) in [7, 11) is 0. The molecule has 3 heteroatoms. The van der Waals surface area contributed by atoms with Gasteiger partial charge in [0.25, 0.3) is 0 Å². The maximum Gasteiger partial charge on any atom is 0.122 e. The molecule has 1 aromatic heterocycles. The average Bonchev–Trinajstić information content (AvgIpc) is 2.85. The Hall–Kier alpha value is -1.58. The normalized spacial score (nSPS) is 17.2. The Morgan fingerprint density at radius 1 is 1.21 bits per heavy atom. The van der Waals surface area contributed by atoms with Crippen LogP contribution in [-0.4, -0.2) is 18.0 Å². The Kier molecular flexibility index (Phi) is 3.40. The van der Waals surface area contributed by atoms with Crippen LogP contribution in [0.1, 0.15) is 28.7 Å². The van der Waals surface area contributed by atoms with Crippen LogP contribution >= 0.6 is 0 Å². The number of hydrogen-bond acceptors (Lipinski definition) is 3. The molecule has 1 aliphatic rings. The van der Waals surface area contributed by atoms with Gasteiger partial charge in [-0.25, -0.2) is 0 Å². The SMILES string of the molecule is Cc1ccc(C(N)CN2CCc3ccccc3C2)o1. The van der Waals surface area contributed by atoms with Crippen LogP contribution in [0.4, 0.5) is 0 Å². The van der Waals surface area contributed by atoms with Crippen LogP contribution < -0.4 is 5.73 Å². The van der Waals surface area contributed by atoms with Gasteiger partial charge >= 0.3 is 0 Å². The van der Waals surface area contributed by atoms with Gasteiger partial charge in [-0.1, -0.05) is 24.3 Å². The fourth-order valence-electron chi connectivity index (χ4n) is 2.73. The number of aryl methyl sites for hydroxylation is 1. The van der Waals surface area contributed by atoms with E-state index in [1.165, 1.54) is 11.1 Å². The van der Waals surface area contributed by atoms with Crippen LogP contribution in [0.5, 0.6) is 0 Å². The molecule has 1 aliphatic heterocycles. The van der Waals surface area contributed by atoms with E-state index in [2.05, 4.69) is 29.2 Å². The zero-order valence-electron chi connectivity index (χ0n) is 11.3. The zero-order chi connectivity index (χ0) is 13.2. The van der Waals surface area contributed by atoms with E-state index >= 15 is 0 Å². The highest BCUT2D eigenvalue weighted by atomic mass is 16.3. The molecule has 1 unspecified atom stereocenters. The van der Waals surface area contributed by atoms with Gasteiger partial charge in [0.2, 0.25) is 0 Å². The van der Waals surface area contributed by atoms with Crippen LogP contribution in [0.15, 0.2) is 40.8 Å². The molecule has 0 saturated heterocycles. The summed E-state index contributed by atoms with van der Waals surface area (Å²) in [5, 5.41) is 0. The van der Waals surface area contributed by atoms with Crippen molar-refractivity contribution < 1.29 is 4.42 Å². The van der Waals surface area contributed by atoms with Crippen molar-refractivity contribution >= 4 is 0 Å². The molecule has 0 spiro atoms. The highest BCUT2D eigenvalue weighted by molar-refractivity contribution is 5.29. The minimum Gasteiger partial charge on any atom is -0.465 e. The zero-order valence-corrected chi connectivity index (χ0v) is 11.3. The van der Waals surface area contributed by atoms with E-state index < -0.39 is 0 Å². The molecule has 1 atom stereocenters. The Balaban J connectivity index is 1.66. The predicted molar refractivity (Wildman–Crippen MR) is 75.8 cm³/mol. The van der Waals surface area contributed by atoms with E-state index in [0.717, 1.165) is 37.6 Å². The molecular weight excluding hydrogens is 236 g/mol. The van der Waals surface area contributed by atoms with Gasteiger partial charge in [-0.2, -0.15) is 0 Å². The summed E-state index contributed by atoms with van der Waals surface area (Å²) in [6, 6.07) is 12.6. The first-order valence-electron chi connectivity index (χ1n) is 6.83. The lowest BCUT2D eigenvalue weighted by Crippen LogP contribution is -2.36. The second kappa shape index (κ2) is 5.19. The lowest BCUT2D eigenvalue weighted by atomic mass is 9.99. The van der Waals surface area contributed by atoms with Crippen molar-refractivity contribution in [1.82, 2.24) is 4.90 Å². The lowest BCUT2D eigenvalue weighted by molar-refractivity contribution is 0.229. The molecule has 2 heterocycles. The second-order valence-corrected chi connectivity index (χ2v) is 5.31. The Morgan fingerprint density at radius 3 is 2.74 bits per heavy atom. The molecular formula is C16H20N2O. The van der Waals surface area contributed by atoms with Crippen LogP contribution in [0, 0.1) is 6.92 Å². The minimum atomic E-state index is -0.0426. The molecule has 19 heavy (non-hydrogen) atoms. The van der Waals surface area contributed by atoms with E-state index in [1.54, 1.807) is 0 Å². The number of fused-ring (bicyclic) bond motifs is 1. The van der Waals surface area contributed by atoms with Gasteiger partial charge in [-0.3, -0.25) is 4.90 Å². The van der Waals surface area contributed by atoms with Crippen LogP contribution in [0.3, 0.4) is 0 Å². The summed E-state index contributed by atoms with van der Waals surface area (Å²) in [6.07, 6.45) is 1.11. The highest BCUT2D eigenvalue weighted by Gasteiger charge is 2.19. The number of furan rings is 1. The molecule has 3 rings (SSSR count). The number of hydrogen-bond donors (Lipinski definition) is 1. The summed E-state index contributed by atoms with van der Waals surface area (Å²) in [5.74, 6) is 1.81. The van der Waals surface area contributed by atoms with Crippen molar-refractivity contribution in [3.63, 3.8) is 0 Å². The fraction of sp³-hybridized carbons (Fsp3) is 0.375. The van der Waals surface area contributed by atoms with Gasteiger partial charge in [-0.05, 0) is 36.6 Å². The molecule has 0 fully saturated rings. The summed E-state index contributed by atoms with van der Waals surface area (Å²) >= 11 is 0. The number of nitrogens with zero attached hydrogens (tertiary/aromatic N) is 1. The Morgan fingerprint density at radius 2 is 2.00 bits per heavy atom. The first-order valence-corrected chi connectivity index (χ1v) is 6.83. The van der Waals surface area contributed by atoms with E-state index in [9.17, 15) is 0 Å². The summed E-state index contributed by atoms with van der Waals surface area (Å²) in [6.45, 7) is 4.86. The number of nitrogens with two attached hydrogens (primary N) is 1. The van der Waals surface area contributed by atoms with Gasteiger partial charge in [0.05, 0.1) is 6.04 Å². The Labute approximate surface area is 114 Å². The summed E-state index contributed by atoms with van der Waals surface area (Å²) < 4.78 is 5.60. The molecule has 100 valence electrons. The molecule has 0 amide bonds. The molecule has 2 aromatic rings. The lowest BCUT2D eigenvalue weighted by Gasteiger charge is -2.30. The summed E-state index contributed by atoms with van der Waals surface area (Å²) in [4.78, 5) is 2.41. The monoisotopic (exact) mass is 256 g/mol. The van der Waals surface area contributed by atoms with Gasteiger partial charge in [0.1, 0.15) is 11.5 Å². The molecule has 0 bridgehead atoms.